The van der Waals surface area contributed by atoms with Gasteiger partial charge in [0.1, 0.15) is 10.3 Å². The lowest BCUT2D eigenvalue weighted by atomic mass is 9.99. The van der Waals surface area contributed by atoms with E-state index in [1.165, 1.54) is 6.07 Å². The lowest BCUT2D eigenvalue weighted by Gasteiger charge is -2.36. The molecule has 2 atom stereocenters. The van der Waals surface area contributed by atoms with E-state index in [0.29, 0.717) is 9.63 Å². The van der Waals surface area contributed by atoms with E-state index < -0.39 is 12.1 Å². The molecule has 1 N–H and O–H groups in total. The number of aromatic amines is 1. The standard InChI is InChI=1S/C15H20BrClN2O3/c1-3-10-6-4-5-7-19(10)14(20)9(2)22-15(21)12-8-11(17)13(16)18-12/h8-10,18H,3-7H2,1-2H3. The van der Waals surface area contributed by atoms with Crippen LogP contribution in [0.3, 0.4) is 0 Å². The number of halogens is 2. The second-order valence-corrected chi connectivity index (χ2v) is 6.68. The molecule has 1 aromatic rings. The van der Waals surface area contributed by atoms with Crippen LogP contribution < -0.4 is 0 Å². The molecule has 22 heavy (non-hydrogen) atoms. The van der Waals surface area contributed by atoms with Crippen molar-refractivity contribution in [1.29, 1.82) is 0 Å². The Morgan fingerprint density at radius 2 is 2.27 bits per heavy atom. The van der Waals surface area contributed by atoms with E-state index >= 15 is 0 Å². The van der Waals surface area contributed by atoms with Crippen LogP contribution in [0.15, 0.2) is 10.7 Å². The summed E-state index contributed by atoms with van der Waals surface area (Å²) in [5, 5.41) is 0.396. The van der Waals surface area contributed by atoms with Crippen LogP contribution in [0.25, 0.3) is 0 Å². The summed E-state index contributed by atoms with van der Waals surface area (Å²) in [4.78, 5) is 29.2. The van der Waals surface area contributed by atoms with Gasteiger partial charge in [-0.3, -0.25) is 4.79 Å². The summed E-state index contributed by atoms with van der Waals surface area (Å²) in [7, 11) is 0. The predicted octanol–water partition coefficient (Wildman–Crippen LogP) is 3.77. The highest BCUT2D eigenvalue weighted by Crippen LogP contribution is 2.24. The van der Waals surface area contributed by atoms with Crippen LogP contribution in [-0.2, 0) is 9.53 Å². The van der Waals surface area contributed by atoms with Crippen LogP contribution in [0, 0.1) is 0 Å². The molecule has 2 rings (SSSR count). The summed E-state index contributed by atoms with van der Waals surface area (Å²) in [6.07, 6.45) is 3.28. The zero-order chi connectivity index (χ0) is 16.3. The van der Waals surface area contributed by atoms with Crippen LogP contribution in [0.2, 0.25) is 5.02 Å². The van der Waals surface area contributed by atoms with Crippen molar-refractivity contribution in [1.82, 2.24) is 9.88 Å². The van der Waals surface area contributed by atoms with Crippen LogP contribution in [0.1, 0.15) is 50.0 Å². The van der Waals surface area contributed by atoms with E-state index in [2.05, 4.69) is 27.8 Å². The Hall–Kier alpha value is -1.01. The van der Waals surface area contributed by atoms with Gasteiger partial charge >= 0.3 is 5.97 Å². The van der Waals surface area contributed by atoms with Crippen LogP contribution in [0.5, 0.6) is 0 Å². The topological polar surface area (TPSA) is 62.4 Å². The Morgan fingerprint density at radius 1 is 1.55 bits per heavy atom. The molecule has 1 aromatic heterocycles. The van der Waals surface area contributed by atoms with Gasteiger partial charge in [0.2, 0.25) is 0 Å². The fourth-order valence-electron chi connectivity index (χ4n) is 2.74. The molecule has 0 aromatic carbocycles. The third kappa shape index (κ3) is 3.84. The molecule has 1 aliphatic heterocycles. The van der Waals surface area contributed by atoms with Gasteiger partial charge in [0.15, 0.2) is 6.10 Å². The highest BCUT2D eigenvalue weighted by atomic mass is 79.9. The van der Waals surface area contributed by atoms with Gasteiger partial charge in [-0.15, -0.1) is 0 Å². The SMILES string of the molecule is CCC1CCCCN1C(=O)C(C)OC(=O)c1cc(Cl)c(Br)[nH]1. The number of carbonyl (C=O) groups excluding carboxylic acids is 2. The van der Waals surface area contributed by atoms with Crippen molar-refractivity contribution in [2.75, 3.05) is 6.54 Å². The maximum atomic E-state index is 12.5. The van der Waals surface area contributed by atoms with E-state index in [4.69, 9.17) is 16.3 Å². The number of aromatic nitrogens is 1. The lowest BCUT2D eigenvalue weighted by Crippen LogP contribution is -2.48. The van der Waals surface area contributed by atoms with Crippen molar-refractivity contribution >= 4 is 39.4 Å². The molecule has 0 spiro atoms. The number of rotatable bonds is 4. The summed E-state index contributed by atoms with van der Waals surface area (Å²) >= 11 is 9.06. The number of H-pyrrole nitrogens is 1. The number of esters is 1. The monoisotopic (exact) mass is 390 g/mol. The van der Waals surface area contributed by atoms with Crippen molar-refractivity contribution in [2.45, 2.75) is 51.7 Å². The van der Waals surface area contributed by atoms with Gasteiger partial charge in [0, 0.05) is 12.6 Å². The molecule has 1 amide bonds. The zero-order valence-corrected chi connectivity index (χ0v) is 15.0. The molecular weight excluding hydrogens is 372 g/mol. The molecule has 2 unspecified atom stereocenters. The van der Waals surface area contributed by atoms with Gasteiger partial charge in [-0.25, -0.2) is 4.79 Å². The van der Waals surface area contributed by atoms with Crippen molar-refractivity contribution < 1.29 is 14.3 Å². The Morgan fingerprint density at radius 3 is 2.86 bits per heavy atom. The van der Waals surface area contributed by atoms with Gasteiger partial charge in [0.05, 0.1) is 5.02 Å². The molecule has 0 radical (unpaired) electrons. The molecule has 0 bridgehead atoms. The van der Waals surface area contributed by atoms with Gasteiger partial charge < -0.3 is 14.6 Å². The van der Waals surface area contributed by atoms with Crippen molar-refractivity contribution in [3.8, 4) is 0 Å². The van der Waals surface area contributed by atoms with Gasteiger partial charge in [-0.1, -0.05) is 18.5 Å². The first kappa shape index (κ1) is 17.3. The highest BCUT2D eigenvalue weighted by Gasteiger charge is 2.30. The molecule has 1 fully saturated rings. The Labute approximate surface area is 143 Å². The minimum Gasteiger partial charge on any atom is -0.448 e. The third-order valence-corrected chi connectivity index (χ3v) is 5.11. The number of nitrogens with zero attached hydrogens (tertiary/aromatic N) is 1. The smallest absolute Gasteiger partial charge is 0.355 e. The molecular formula is C15H20BrClN2O3. The molecule has 7 heteroatoms. The zero-order valence-electron chi connectivity index (χ0n) is 12.7. The molecule has 122 valence electrons. The number of nitrogens with one attached hydrogen (secondary N) is 1. The first-order valence-corrected chi connectivity index (χ1v) is 8.66. The molecule has 1 saturated heterocycles. The number of carbonyl (C=O) groups is 2. The van der Waals surface area contributed by atoms with E-state index in [-0.39, 0.29) is 17.6 Å². The van der Waals surface area contributed by atoms with E-state index in [0.717, 1.165) is 32.2 Å². The third-order valence-electron chi connectivity index (χ3n) is 3.96. The average molecular weight is 392 g/mol. The normalized spacial score (nSPS) is 19.8. The van der Waals surface area contributed by atoms with Crippen molar-refractivity contribution in [2.24, 2.45) is 0 Å². The van der Waals surface area contributed by atoms with Gasteiger partial charge in [0.25, 0.3) is 5.91 Å². The first-order valence-electron chi connectivity index (χ1n) is 7.49. The predicted molar refractivity (Wildman–Crippen MR) is 88.0 cm³/mol. The largest absolute Gasteiger partial charge is 0.448 e. The number of amides is 1. The van der Waals surface area contributed by atoms with Crippen LogP contribution in [0.4, 0.5) is 0 Å². The molecule has 1 aliphatic rings. The fraction of sp³-hybridized carbons (Fsp3) is 0.600. The van der Waals surface area contributed by atoms with E-state index in [1.54, 1.807) is 6.92 Å². The Balaban J connectivity index is 1.99. The second kappa shape index (κ2) is 7.51. The van der Waals surface area contributed by atoms with Crippen LogP contribution >= 0.6 is 27.5 Å². The van der Waals surface area contributed by atoms with Crippen molar-refractivity contribution in [3.63, 3.8) is 0 Å². The maximum absolute atomic E-state index is 12.5. The number of likely N-dealkylation sites (tertiary alicyclic amines) is 1. The van der Waals surface area contributed by atoms with E-state index in [1.807, 2.05) is 4.90 Å². The summed E-state index contributed by atoms with van der Waals surface area (Å²) in [6.45, 7) is 4.42. The van der Waals surface area contributed by atoms with E-state index in [9.17, 15) is 9.59 Å². The summed E-state index contributed by atoms with van der Waals surface area (Å²) in [5.74, 6) is -0.713. The Bertz CT molecular complexity index is 541. The summed E-state index contributed by atoms with van der Waals surface area (Å²) < 4.78 is 5.79. The average Bonchev–Trinajstić information content (AvgIpc) is 2.86. The number of piperidine rings is 1. The highest BCUT2D eigenvalue weighted by molar-refractivity contribution is 9.10. The molecule has 5 nitrogen and oxygen atoms in total. The summed E-state index contributed by atoms with van der Waals surface area (Å²) in [5.41, 5.74) is 0.224. The quantitative estimate of drug-likeness (QED) is 0.795. The van der Waals surface area contributed by atoms with Crippen molar-refractivity contribution in [3.05, 3.63) is 21.4 Å². The molecule has 2 heterocycles. The second-order valence-electron chi connectivity index (χ2n) is 5.48. The Kier molecular flexibility index (Phi) is 5.92. The molecule has 0 aliphatic carbocycles. The van der Waals surface area contributed by atoms with Gasteiger partial charge in [-0.2, -0.15) is 0 Å². The number of hydrogen-bond acceptors (Lipinski definition) is 3. The number of ether oxygens (including phenoxy) is 1. The molecule has 0 saturated carbocycles. The minimum atomic E-state index is -0.805. The number of hydrogen-bond donors (Lipinski definition) is 1. The fourth-order valence-corrected chi connectivity index (χ4v) is 3.22. The maximum Gasteiger partial charge on any atom is 0.355 e. The minimum absolute atomic E-state index is 0.128. The van der Waals surface area contributed by atoms with Gasteiger partial charge in [-0.05, 0) is 54.6 Å². The lowest BCUT2D eigenvalue weighted by molar-refractivity contribution is -0.143. The van der Waals surface area contributed by atoms with Crippen LogP contribution in [-0.4, -0.2) is 40.5 Å². The summed E-state index contributed by atoms with van der Waals surface area (Å²) in [6, 6.07) is 1.72. The first-order chi connectivity index (χ1) is 10.4.